The van der Waals surface area contributed by atoms with Crippen molar-refractivity contribution in [3.05, 3.63) is 70.7 Å². The number of aromatic hydroxyl groups is 1. The number of hydrogen-bond donors (Lipinski definition) is 2. The predicted molar refractivity (Wildman–Crippen MR) is 122 cm³/mol. The van der Waals surface area contributed by atoms with Gasteiger partial charge in [-0.05, 0) is 62.5 Å². The SMILES string of the molecule is CC1(C)OB(C(=Cc2cc(O)cc(C(F)(F)F)c2)CNC(=O)OCc2ccccc2)OC1(C)C. The van der Waals surface area contributed by atoms with Crippen LogP contribution in [-0.2, 0) is 26.8 Å². The molecule has 1 aliphatic rings. The van der Waals surface area contributed by atoms with Crippen molar-refractivity contribution in [2.45, 2.75) is 51.7 Å². The normalized spacial score (nSPS) is 17.5. The Morgan fingerprint density at radius 3 is 2.29 bits per heavy atom. The molecule has 1 heterocycles. The minimum absolute atomic E-state index is 0.0592. The number of alkyl halides is 3. The van der Waals surface area contributed by atoms with Gasteiger partial charge in [0.05, 0.1) is 16.8 Å². The number of alkyl carbamates (subject to hydrolysis) is 1. The molecule has 2 aromatic rings. The standard InChI is InChI=1S/C24H27BF3NO5/c1-22(2)23(3,4)34-25(33-22)19(11-17-10-18(24(26,27)28)13-20(30)12-17)14-29-21(31)32-15-16-8-6-5-7-9-16/h5-13,30H,14-15H2,1-4H3,(H,29,31). The van der Waals surface area contributed by atoms with E-state index in [2.05, 4.69) is 5.32 Å². The van der Waals surface area contributed by atoms with Crippen molar-refractivity contribution in [2.24, 2.45) is 0 Å². The average Bonchev–Trinajstić information content (AvgIpc) is 2.96. The number of nitrogens with one attached hydrogen (secondary N) is 1. The molecule has 182 valence electrons. The third-order valence-corrected chi connectivity index (χ3v) is 5.83. The minimum atomic E-state index is -4.63. The summed E-state index contributed by atoms with van der Waals surface area (Å²) in [7, 11) is -0.934. The Bertz CT molecular complexity index is 1040. The van der Waals surface area contributed by atoms with E-state index in [4.69, 9.17) is 14.0 Å². The summed E-state index contributed by atoms with van der Waals surface area (Å²) >= 11 is 0. The number of amides is 1. The zero-order chi connectivity index (χ0) is 25.1. The molecule has 3 rings (SSSR count). The van der Waals surface area contributed by atoms with E-state index in [-0.39, 0.29) is 18.7 Å². The number of phenolic OH excluding ortho intramolecular Hbond substituents is 1. The Labute approximate surface area is 196 Å². The molecule has 0 aromatic heterocycles. The molecular weight excluding hydrogens is 450 g/mol. The van der Waals surface area contributed by atoms with Crippen LogP contribution >= 0.6 is 0 Å². The second-order valence-corrected chi connectivity index (χ2v) is 9.03. The molecule has 10 heteroatoms. The molecule has 2 N–H and O–H groups in total. The molecule has 1 saturated heterocycles. The van der Waals surface area contributed by atoms with Crippen molar-refractivity contribution in [3.8, 4) is 5.75 Å². The zero-order valence-electron chi connectivity index (χ0n) is 19.4. The summed E-state index contributed by atoms with van der Waals surface area (Å²) in [5.41, 5.74) is -1.17. The molecule has 0 spiro atoms. The van der Waals surface area contributed by atoms with Gasteiger partial charge in [-0.2, -0.15) is 13.2 Å². The molecule has 0 saturated carbocycles. The topological polar surface area (TPSA) is 77.0 Å². The van der Waals surface area contributed by atoms with Crippen LogP contribution in [0.25, 0.3) is 6.08 Å². The number of phenols is 1. The molecular formula is C24H27BF3NO5. The lowest BCUT2D eigenvalue weighted by atomic mass is 9.77. The Morgan fingerprint density at radius 2 is 1.71 bits per heavy atom. The summed E-state index contributed by atoms with van der Waals surface area (Å²) in [5, 5.41) is 12.4. The third-order valence-electron chi connectivity index (χ3n) is 5.83. The van der Waals surface area contributed by atoms with Crippen LogP contribution in [0.5, 0.6) is 5.75 Å². The van der Waals surface area contributed by atoms with Crippen molar-refractivity contribution < 1.29 is 37.1 Å². The van der Waals surface area contributed by atoms with Gasteiger partial charge >= 0.3 is 19.4 Å². The summed E-state index contributed by atoms with van der Waals surface area (Å²) in [6.45, 7) is 7.29. The van der Waals surface area contributed by atoms with Crippen LogP contribution in [0, 0.1) is 0 Å². The fourth-order valence-corrected chi connectivity index (χ4v) is 3.24. The van der Waals surface area contributed by atoms with E-state index in [0.29, 0.717) is 11.5 Å². The lowest BCUT2D eigenvalue weighted by Gasteiger charge is -2.32. The number of hydrogen-bond acceptors (Lipinski definition) is 5. The quantitative estimate of drug-likeness (QED) is 0.549. The number of carbonyl (C=O) groups is 1. The van der Waals surface area contributed by atoms with Crippen LogP contribution in [0.4, 0.5) is 18.0 Å². The van der Waals surface area contributed by atoms with Gasteiger partial charge in [-0.25, -0.2) is 4.79 Å². The molecule has 6 nitrogen and oxygen atoms in total. The molecule has 0 aliphatic carbocycles. The van der Waals surface area contributed by atoms with Crippen LogP contribution in [0.15, 0.2) is 54.0 Å². The summed E-state index contributed by atoms with van der Waals surface area (Å²) in [5.74, 6) is -0.537. The van der Waals surface area contributed by atoms with Crippen molar-refractivity contribution in [2.75, 3.05) is 6.54 Å². The average molecular weight is 477 g/mol. The van der Waals surface area contributed by atoms with Gasteiger partial charge in [0.25, 0.3) is 0 Å². The van der Waals surface area contributed by atoms with Gasteiger partial charge < -0.3 is 24.5 Å². The van der Waals surface area contributed by atoms with E-state index in [1.54, 1.807) is 0 Å². The summed E-state index contributed by atoms with van der Waals surface area (Å²) < 4.78 is 56.9. The van der Waals surface area contributed by atoms with Crippen LogP contribution < -0.4 is 5.32 Å². The number of benzene rings is 2. The molecule has 0 unspecified atom stereocenters. The van der Waals surface area contributed by atoms with Crippen molar-refractivity contribution >= 4 is 19.3 Å². The first kappa shape index (κ1) is 25.6. The first-order valence-electron chi connectivity index (χ1n) is 10.7. The molecule has 1 fully saturated rings. The first-order valence-corrected chi connectivity index (χ1v) is 10.7. The van der Waals surface area contributed by atoms with Gasteiger partial charge in [-0.3, -0.25) is 0 Å². The fourth-order valence-electron chi connectivity index (χ4n) is 3.24. The number of halogens is 3. The highest BCUT2D eigenvalue weighted by atomic mass is 19.4. The molecule has 0 atom stereocenters. The molecule has 1 amide bonds. The van der Waals surface area contributed by atoms with E-state index in [9.17, 15) is 23.1 Å². The third kappa shape index (κ3) is 6.33. The van der Waals surface area contributed by atoms with E-state index in [1.165, 1.54) is 12.1 Å². The smallest absolute Gasteiger partial charge is 0.492 e. The maximum absolute atomic E-state index is 13.2. The van der Waals surface area contributed by atoms with Gasteiger partial charge in [-0.15, -0.1) is 0 Å². The highest BCUT2D eigenvalue weighted by Gasteiger charge is 2.52. The lowest BCUT2D eigenvalue weighted by Crippen LogP contribution is -2.41. The summed E-state index contributed by atoms with van der Waals surface area (Å²) in [6.07, 6.45) is -3.95. The Morgan fingerprint density at radius 1 is 1.09 bits per heavy atom. The number of carbonyl (C=O) groups excluding carboxylic acids is 1. The second kappa shape index (κ2) is 9.72. The van der Waals surface area contributed by atoms with Crippen LogP contribution in [0.3, 0.4) is 0 Å². The Kier molecular flexibility index (Phi) is 7.33. The fraction of sp³-hybridized carbons (Fsp3) is 0.375. The summed E-state index contributed by atoms with van der Waals surface area (Å²) in [4.78, 5) is 12.3. The van der Waals surface area contributed by atoms with Gasteiger partial charge in [0, 0.05) is 6.54 Å². The predicted octanol–water partition coefficient (Wildman–Crippen LogP) is 5.35. The monoisotopic (exact) mass is 477 g/mol. The van der Waals surface area contributed by atoms with Crippen LogP contribution in [0.1, 0.15) is 44.4 Å². The van der Waals surface area contributed by atoms with Gasteiger partial charge in [-0.1, -0.05) is 36.4 Å². The minimum Gasteiger partial charge on any atom is -0.508 e. The van der Waals surface area contributed by atoms with Crippen molar-refractivity contribution in [1.29, 1.82) is 0 Å². The highest BCUT2D eigenvalue weighted by Crippen LogP contribution is 2.39. The molecule has 2 aromatic carbocycles. The molecule has 0 bridgehead atoms. The van der Waals surface area contributed by atoms with Crippen molar-refractivity contribution in [1.82, 2.24) is 5.32 Å². The number of ether oxygens (including phenoxy) is 1. The summed E-state index contributed by atoms with van der Waals surface area (Å²) in [6, 6.07) is 11.8. The van der Waals surface area contributed by atoms with Gasteiger partial charge in [0.1, 0.15) is 12.4 Å². The van der Waals surface area contributed by atoms with Gasteiger partial charge in [0.15, 0.2) is 0 Å². The Balaban J connectivity index is 1.82. The van der Waals surface area contributed by atoms with E-state index in [0.717, 1.165) is 11.6 Å². The largest absolute Gasteiger partial charge is 0.508 e. The molecule has 34 heavy (non-hydrogen) atoms. The van der Waals surface area contributed by atoms with Gasteiger partial charge in [0.2, 0.25) is 0 Å². The first-order chi connectivity index (χ1) is 15.8. The van der Waals surface area contributed by atoms with E-state index in [1.807, 2.05) is 58.0 Å². The Hall–Kier alpha value is -2.98. The number of rotatable bonds is 6. The van der Waals surface area contributed by atoms with Crippen LogP contribution in [0.2, 0.25) is 0 Å². The van der Waals surface area contributed by atoms with E-state index < -0.39 is 41.9 Å². The molecule has 1 aliphatic heterocycles. The lowest BCUT2D eigenvalue weighted by molar-refractivity contribution is -0.137. The van der Waals surface area contributed by atoms with Crippen molar-refractivity contribution in [3.63, 3.8) is 0 Å². The second-order valence-electron chi connectivity index (χ2n) is 9.03. The maximum Gasteiger partial charge on any atom is 0.492 e. The molecule has 0 radical (unpaired) electrons. The van der Waals surface area contributed by atoms with E-state index >= 15 is 0 Å². The highest BCUT2D eigenvalue weighted by molar-refractivity contribution is 6.56. The van der Waals surface area contributed by atoms with Crippen LogP contribution in [-0.4, -0.2) is 36.1 Å². The zero-order valence-corrected chi connectivity index (χ0v) is 19.4. The maximum atomic E-state index is 13.2.